The van der Waals surface area contributed by atoms with E-state index in [9.17, 15) is 0 Å². The molecule has 2 aliphatic rings. The van der Waals surface area contributed by atoms with Crippen LogP contribution < -0.4 is 5.32 Å². The van der Waals surface area contributed by atoms with E-state index in [0.29, 0.717) is 5.92 Å². The van der Waals surface area contributed by atoms with Crippen LogP contribution in [0.4, 0.5) is 0 Å². The van der Waals surface area contributed by atoms with Crippen molar-refractivity contribution >= 4 is 0 Å². The van der Waals surface area contributed by atoms with Crippen LogP contribution in [-0.2, 0) is 0 Å². The SMILES string of the molecule is O[C@H]1CC2CNCC21. The van der Waals surface area contributed by atoms with Crippen LogP contribution in [0, 0.1) is 11.8 Å². The largest absolute Gasteiger partial charge is 0.393 e. The third-order valence-corrected chi connectivity index (χ3v) is 2.43. The summed E-state index contributed by atoms with van der Waals surface area (Å²) in [6.45, 7) is 2.19. The maximum atomic E-state index is 9.08. The Labute approximate surface area is 48.9 Å². The van der Waals surface area contributed by atoms with Crippen LogP contribution >= 0.6 is 0 Å². The van der Waals surface area contributed by atoms with E-state index < -0.39 is 0 Å². The maximum absolute atomic E-state index is 9.08. The molecule has 1 saturated carbocycles. The predicted octanol–water partition coefficient (Wildman–Crippen LogP) is -0.413. The fraction of sp³-hybridized carbons (Fsp3) is 1.00. The highest BCUT2D eigenvalue weighted by atomic mass is 16.3. The van der Waals surface area contributed by atoms with Crippen molar-refractivity contribution in [2.45, 2.75) is 12.5 Å². The van der Waals surface area contributed by atoms with Crippen LogP contribution in [0.25, 0.3) is 0 Å². The molecule has 0 bridgehead atoms. The molecular formula is C6H11NO. The van der Waals surface area contributed by atoms with Crippen molar-refractivity contribution in [1.82, 2.24) is 5.32 Å². The van der Waals surface area contributed by atoms with Crippen molar-refractivity contribution in [3.8, 4) is 0 Å². The third kappa shape index (κ3) is 0.446. The van der Waals surface area contributed by atoms with Crippen LogP contribution in [0.5, 0.6) is 0 Å². The molecule has 0 aromatic rings. The Kier molecular flexibility index (Phi) is 0.866. The van der Waals surface area contributed by atoms with Gasteiger partial charge in [-0.1, -0.05) is 0 Å². The molecule has 2 N–H and O–H groups in total. The lowest BCUT2D eigenvalue weighted by Crippen LogP contribution is -2.39. The van der Waals surface area contributed by atoms with E-state index >= 15 is 0 Å². The van der Waals surface area contributed by atoms with E-state index in [4.69, 9.17) is 5.11 Å². The Balaban J connectivity index is 2.02. The van der Waals surface area contributed by atoms with Gasteiger partial charge >= 0.3 is 0 Å². The van der Waals surface area contributed by atoms with E-state index in [1.54, 1.807) is 0 Å². The summed E-state index contributed by atoms with van der Waals surface area (Å²) in [5.41, 5.74) is 0. The molecule has 2 rings (SSSR count). The first-order chi connectivity index (χ1) is 3.88. The quantitative estimate of drug-likeness (QED) is 0.447. The summed E-state index contributed by atoms with van der Waals surface area (Å²) in [6.07, 6.45) is 1.06. The average molecular weight is 113 g/mol. The highest BCUT2D eigenvalue weighted by molar-refractivity contribution is 4.95. The fourth-order valence-corrected chi connectivity index (χ4v) is 1.75. The molecule has 1 aliphatic heterocycles. The molecule has 2 fully saturated rings. The van der Waals surface area contributed by atoms with Gasteiger partial charge in [0.2, 0.25) is 0 Å². The predicted molar refractivity (Wildman–Crippen MR) is 30.5 cm³/mol. The van der Waals surface area contributed by atoms with E-state index in [-0.39, 0.29) is 6.10 Å². The molecule has 2 unspecified atom stereocenters. The Hall–Kier alpha value is -0.0800. The minimum Gasteiger partial charge on any atom is -0.393 e. The third-order valence-electron chi connectivity index (χ3n) is 2.43. The smallest absolute Gasteiger partial charge is 0.0586 e. The lowest BCUT2D eigenvalue weighted by Gasteiger charge is -2.35. The van der Waals surface area contributed by atoms with Crippen molar-refractivity contribution in [2.75, 3.05) is 13.1 Å². The Morgan fingerprint density at radius 2 is 2.25 bits per heavy atom. The van der Waals surface area contributed by atoms with Gasteiger partial charge in [0, 0.05) is 12.5 Å². The maximum Gasteiger partial charge on any atom is 0.0586 e. The van der Waals surface area contributed by atoms with Crippen molar-refractivity contribution in [1.29, 1.82) is 0 Å². The molecule has 0 amide bonds. The summed E-state index contributed by atoms with van der Waals surface area (Å²) in [5, 5.41) is 12.3. The van der Waals surface area contributed by atoms with Gasteiger partial charge in [-0.15, -0.1) is 0 Å². The van der Waals surface area contributed by atoms with Crippen molar-refractivity contribution < 1.29 is 5.11 Å². The van der Waals surface area contributed by atoms with Gasteiger partial charge in [-0.2, -0.15) is 0 Å². The molecule has 46 valence electrons. The van der Waals surface area contributed by atoms with E-state index in [1.807, 2.05) is 0 Å². The number of aliphatic hydroxyl groups is 1. The zero-order chi connectivity index (χ0) is 5.56. The summed E-state index contributed by atoms with van der Waals surface area (Å²) < 4.78 is 0. The summed E-state index contributed by atoms with van der Waals surface area (Å²) >= 11 is 0. The van der Waals surface area contributed by atoms with Gasteiger partial charge in [-0.3, -0.25) is 0 Å². The van der Waals surface area contributed by atoms with Crippen LogP contribution in [-0.4, -0.2) is 24.3 Å². The molecule has 1 heterocycles. The Bertz CT molecular complexity index is 105. The molecule has 1 saturated heterocycles. The molecular weight excluding hydrogens is 102 g/mol. The topological polar surface area (TPSA) is 32.3 Å². The molecule has 3 atom stereocenters. The molecule has 0 aromatic carbocycles. The van der Waals surface area contributed by atoms with Crippen molar-refractivity contribution in [3.05, 3.63) is 0 Å². The molecule has 1 aliphatic carbocycles. The summed E-state index contributed by atoms with van der Waals surface area (Å²) in [6, 6.07) is 0. The van der Waals surface area contributed by atoms with Gasteiger partial charge in [0.25, 0.3) is 0 Å². The molecule has 8 heavy (non-hydrogen) atoms. The Morgan fingerprint density at radius 1 is 1.38 bits per heavy atom. The second kappa shape index (κ2) is 1.45. The molecule has 2 nitrogen and oxygen atoms in total. The van der Waals surface area contributed by atoms with Crippen LogP contribution in [0.15, 0.2) is 0 Å². The molecule has 0 spiro atoms. The Morgan fingerprint density at radius 3 is 2.75 bits per heavy atom. The minimum atomic E-state index is 0.0231. The molecule has 0 radical (unpaired) electrons. The van der Waals surface area contributed by atoms with Gasteiger partial charge in [0.05, 0.1) is 6.10 Å². The number of aliphatic hydroxyl groups excluding tert-OH is 1. The van der Waals surface area contributed by atoms with Crippen LogP contribution in [0.3, 0.4) is 0 Å². The number of nitrogens with one attached hydrogen (secondary N) is 1. The zero-order valence-electron chi connectivity index (χ0n) is 4.80. The highest BCUT2D eigenvalue weighted by Gasteiger charge is 2.42. The number of hydrogen-bond donors (Lipinski definition) is 2. The standard InChI is InChI=1S/C6H11NO/c8-6-1-4-2-7-3-5(4)6/h4-8H,1-3H2/t4?,5?,6-/m0/s1. The van der Waals surface area contributed by atoms with Crippen molar-refractivity contribution in [2.24, 2.45) is 11.8 Å². The second-order valence-electron chi connectivity index (χ2n) is 2.89. The minimum absolute atomic E-state index is 0.0231. The fourth-order valence-electron chi connectivity index (χ4n) is 1.75. The number of fused-ring (bicyclic) bond motifs is 1. The van der Waals surface area contributed by atoms with Crippen LogP contribution in [0.1, 0.15) is 6.42 Å². The zero-order valence-corrected chi connectivity index (χ0v) is 4.80. The molecule has 2 heteroatoms. The van der Waals surface area contributed by atoms with Gasteiger partial charge < -0.3 is 10.4 Å². The first kappa shape index (κ1) is 4.77. The summed E-state index contributed by atoms with van der Waals surface area (Å²) in [4.78, 5) is 0. The summed E-state index contributed by atoms with van der Waals surface area (Å²) in [5.74, 6) is 1.42. The first-order valence-corrected chi connectivity index (χ1v) is 3.26. The van der Waals surface area contributed by atoms with Gasteiger partial charge in [-0.05, 0) is 18.9 Å². The second-order valence-corrected chi connectivity index (χ2v) is 2.89. The lowest BCUT2D eigenvalue weighted by atomic mass is 9.74. The van der Waals surface area contributed by atoms with E-state index in [0.717, 1.165) is 25.4 Å². The van der Waals surface area contributed by atoms with Gasteiger partial charge in [0.1, 0.15) is 0 Å². The lowest BCUT2D eigenvalue weighted by molar-refractivity contribution is -0.00403. The van der Waals surface area contributed by atoms with E-state index in [1.165, 1.54) is 0 Å². The van der Waals surface area contributed by atoms with Gasteiger partial charge in [-0.25, -0.2) is 0 Å². The number of rotatable bonds is 0. The first-order valence-electron chi connectivity index (χ1n) is 3.26. The van der Waals surface area contributed by atoms with Crippen molar-refractivity contribution in [3.63, 3.8) is 0 Å². The summed E-state index contributed by atoms with van der Waals surface area (Å²) in [7, 11) is 0. The highest BCUT2D eigenvalue weighted by Crippen LogP contribution is 2.36. The van der Waals surface area contributed by atoms with E-state index in [2.05, 4.69) is 5.32 Å². The van der Waals surface area contributed by atoms with Gasteiger partial charge in [0.15, 0.2) is 0 Å². The number of hydrogen-bond acceptors (Lipinski definition) is 2. The monoisotopic (exact) mass is 113 g/mol. The normalized spacial score (nSPS) is 52.9. The molecule has 0 aromatic heterocycles. The average Bonchev–Trinajstić information content (AvgIpc) is 2.09. The van der Waals surface area contributed by atoms with Crippen LogP contribution in [0.2, 0.25) is 0 Å².